The number of nitrogens with zero attached hydrogens (tertiary/aromatic N) is 1. The zero-order chi connectivity index (χ0) is 24.9. The Morgan fingerprint density at radius 1 is 1.09 bits per heavy atom. The maximum atomic E-state index is 13.0. The van der Waals surface area contributed by atoms with Crippen molar-refractivity contribution in [1.29, 1.82) is 0 Å². The molecule has 3 rings (SSSR count). The number of rotatable bonds is 6. The fourth-order valence-corrected chi connectivity index (χ4v) is 3.05. The first-order valence-electron chi connectivity index (χ1n) is 9.74. The first kappa shape index (κ1) is 24.6. The van der Waals surface area contributed by atoms with E-state index in [1.807, 2.05) is 0 Å². The van der Waals surface area contributed by atoms with Crippen molar-refractivity contribution in [2.24, 2.45) is 0 Å². The summed E-state index contributed by atoms with van der Waals surface area (Å²) < 4.78 is 44.8. The van der Waals surface area contributed by atoms with Crippen molar-refractivity contribution in [3.63, 3.8) is 0 Å². The van der Waals surface area contributed by atoms with E-state index in [2.05, 4.69) is 26.5 Å². The molecule has 0 bridgehead atoms. The lowest BCUT2D eigenvalue weighted by atomic mass is 10.2. The zero-order valence-corrected chi connectivity index (χ0v) is 18.6. The molecule has 0 aliphatic heterocycles. The van der Waals surface area contributed by atoms with Crippen molar-refractivity contribution in [3.05, 3.63) is 76.6 Å². The third kappa shape index (κ3) is 6.07. The molecule has 0 atom stereocenters. The summed E-state index contributed by atoms with van der Waals surface area (Å²) >= 11 is 5.58. The van der Waals surface area contributed by atoms with Crippen LogP contribution in [0, 0.1) is 6.92 Å². The van der Waals surface area contributed by atoms with Gasteiger partial charge in [0.25, 0.3) is 5.91 Å². The van der Waals surface area contributed by atoms with Crippen LogP contribution in [0.4, 0.5) is 29.3 Å². The van der Waals surface area contributed by atoms with Gasteiger partial charge in [-0.1, -0.05) is 17.7 Å². The summed E-state index contributed by atoms with van der Waals surface area (Å²) in [5.74, 6) is 0.451. The minimum Gasteiger partial charge on any atom is -0.457 e. The number of nitrogens with one attached hydrogen (secondary N) is 4. The first-order chi connectivity index (χ1) is 16.1. The van der Waals surface area contributed by atoms with Crippen LogP contribution in [0.1, 0.15) is 21.6 Å². The SMILES string of the molecule is CNC(=O)c1cc(Oc2cccc(NNC(=O)Nc3ccc(Cl)c(C(F)(F)F)c3)c2C)ccn1. The molecule has 178 valence electrons. The molecule has 0 aliphatic carbocycles. The number of alkyl halides is 3. The van der Waals surface area contributed by atoms with Crippen molar-refractivity contribution in [1.82, 2.24) is 15.7 Å². The summed E-state index contributed by atoms with van der Waals surface area (Å²) in [6.45, 7) is 1.73. The van der Waals surface area contributed by atoms with E-state index in [0.29, 0.717) is 22.7 Å². The van der Waals surface area contributed by atoms with Crippen LogP contribution in [0.25, 0.3) is 0 Å². The molecule has 12 heteroatoms. The van der Waals surface area contributed by atoms with E-state index in [-0.39, 0.29) is 17.3 Å². The van der Waals surface area contributed by atoms with Crippen molar-refractivity contribution < 1.29 is 27.5 Å². The normalized spacial score (nSPS) is 10.9. The highest BCUT2D eigenvalue weighted by molar-refractivity contribution is 6.31. The number of halogens is 4. The summed E-state index contributed by atoms with van der Waals surface area (Å²) in [4.78, 5) is 27.9. The topological polar surface area (TPSA) is 104 Å². The predicted octanol–water partition coefficient (Wildman–Crippen LogP) is 5.36. The molecule has 3 aromatic rings. The van der Waals surface area contributed by atoms with E-state index < -0.39 is 22.8 Å². The number of carbonyl (C=O) groups is 2. The number of urea groups is 1. The van der Waals surface area contributed by atoms with Crippen LogP contribution < -0.4 is 26.2 Å². The molecular weight excluding hydrogens is 475 g/mol. The number of hydrogen-bond donors (Lipinski definition) is 4. The molecule has 0 fully saturated rings. The number of pyridine rings is 1. The van der Waals surface area contributed by atoms with E-state index in [1.54, 1.807) is 31.2 Å². The Kier molecular flexibility index (Phi) is 7.47. The van der Waals surface area contributed by atoms with Crippen molar-refractivity contribution in [2.45, 2.75) is 13.1 Å². The summed E-state index contributed by atoms with van der Waals surface area (Å²) in [6, 6.07) is 10.3. The molecular formula is C22H19ClF3N5O3. The van der Waals surface area contributed by atoms with Gasteiger partial charge in [0, 0.05) is 30.6 Å². The molecule has 1 aromatic heterocycles. The standard InChI is InChI=1S/C22H19ClF3N5O3/c1-12-17(4-3-5-19(12)34-14-8-9-28-18(11-14)20(32)27-2)30-31-21(33)29-13-6-7-16(23)15(10-13)22(24,25)26/h3-11,30H,1-2H3,(H,27,32)(H2,29,31,33). The summed E-state index contributed by atoms with van der Waals surface area (Å²) in [7, 11) is 1.49. The molecule has 1 heterocycles. The Balaban J connectivity index is 1.67. The van der Waals surface area contributed by atoms with Crippen LogP contribution in [0.5, 0.6) is 11.5 Å². The van der Waals surface area contributed by atoms with Gasteiger partial charge in [-0.2, -0.15) is 13.2 Å². The largest absolute Gasteiger partial charge is 0.457 e. The van der Waals surface area contributed by atoms with Gasteiger partial charge in [0.2, 0.25) is 0 Å². The fourth-order valence-electron chi connectivity index (χ4n) is 2.82. The number of ether oxygens (including phenoxy) is 1. The van der Waals surface area contributed by atoms with Crippen LogP contribution in [-0.2, 0) is 6.18 Å². The molecule has 8 nitrogen and oxygen atoms in total. The number of anilines is 2. The van der Waals surface area contributed by atoms with Crippen LogP contribution in [-0.4, -0.2) is 24.0 Å². The molecule has 0 aliphatic rings. The molecule has 0 saturated heterocycles. The molecule has 0 radical (unpaired) electrons. The lowest BCUT2D eigenvalue weighted by Gasteiger charge is -2.16. The van der Waals surface area contributed by atoms with Crippen LogP contribution in [0.15, 0.2) is 54.7 Å². The lowest BCUT2D eigenvalue weighted by Crippen LogP contribution is -2.33. The second kappa shape index (κ2) is 10.3. The van der Waals surface area contributed by atoms with E-state index in [9.17, 15) is 22.8 Å². The highest BCUT2D eigenvalue weighted by atomic mass is 35.5. The third-order valence-corrected chi connectivity index (χ3v) is 4.87. The van der Waals surface area contributed by atoms with Crippen molar-refractivity contribution in [2.75, 3.05) is 17.8 Å². The van der Waals surface area contributed by atoms with Gasteiger partial charge >= 0.3 is 12.2 Å². The van der Waals surface area contributed by atoms with Gasteiger partial charge in [-0.05, 0) is 43.3 Å². The average Bonchev–Trinajstić information content (AvgIpc) is 2.80. The third-order valence-electron chi connectivity index (χ3n) is 4.54. The van der Waals surface area contributed by atoms with Gasteiger partial charge in [0.1, 0.15) is 17.2 Å². The quantitative estimate of drug-likeness (QED) is 0.346. The highest BCUT2D eigenvalue weighted by Gasteiger charge is 2.33. The predicted molar refractivity (Wildman–Crippen MR) is 121 cm³/mol. The molecule has 34 heavy (non-hydrogen) atoms. The monoisotopic (exact) mass is 493 g/mol. The molecule has 0 unspecified atom stereocenters. The van der Waals surface area contributed by atoms with E-state index in [1.165, 1.54) is 25.4 Å². The van der Waals surface area contributed by atoms with E-state index in [4.69, 9.17) is 16.3 Å². The Morgan fingerprint density at radius 3 is 2.56 bits per heavy atom. The van der Waals surface area contributed by atoms with Gasteiger partial charge in [-0.3, -0.25) is 20.6 Å². The average molecular weight is 494 g/mol. The number of hydrogen-bond acceptors (Lipinski definition) is 5. The molecule has 4 N–H and O–H groups in total. The molecule has 0 spiro atoms. The van der Waals surface area contributed by atoms with Gasteiger partial charge < -0.3 is 15.4 Å². The first-order valence-corrected chi connectivity index (χ1v) is 10.1. The Hall–Kier alpha value is -3.99. The maximum Gasteiger partial charge on any atom is 0.417 e. The van der Waals surface area contributed by atoms with Crippen LogP contribution >= 0.6 is 11.6 Å². The van der Waals surface area contributed by atoms with E-state index >= 15 is 0 Å². The Morgan fingerprint density at radius 2 is 1.85 bits per heavy atom. The van der Waals surface area contributed by atoms with Gasteiger partial charge in [-0.25, -0.2) is 4.79 Å². The van der Waals surface area contributed by atoms with E-state index in [0.717, 1.165) is 12.1 Å². The zero-order valence-electron chi connectivity index (χ0n) is 17.9. The number of carbonyl (C=O) groups excluding carboxylic acids is 2. The van der Waals surface area contributed by atoms with Crippen molar-refractivity contribution >= 4 is 34.9 Å². The van der Waals surface area contributed by atoms with Gasteiger partial charge in [-0.15, -0.1) is 0 Å². The Labute approximate surface area is 197 Å². The smallest absolute Gasteiger partial charge is 0.417 e. The minimum absolute atomic E-state index is 0.0885. The highest BCUT2D eigenvalue weighted by Crippen LogP contribution is 2.36. The van der Waals surface area contributed by atoms with Crippen LogP contribution in [0.3, 0.4) is 0 Å². The van der Waals surface area contributed by atoms with Crippen molar-refractivity contribution in [3.8, 4) is 11.5 Å². The number of benzene rings is 2. The van der Waals surface area contributed by atoms with Gasteiger partial charge in [0.15, 0.2) is 0 Å². The summed E-state index contributed by atoms with van der Waals surface area (Å²) in [6.07, 6.45) is -3.22. The number of aromatic nitrogens is 1. The number of hydrazine groups is 1. The second-order valence-corrected chi connectivity index (χ2v) is 7.29. The lowest BCUT2D eigenvalue weighted by molar-refractivity contribution is -0.137. The summed E-state index contributed by atoms with van der Waals surface area (Å²) in [5.41, 5.74) is 5.16. The summed E-state index contributed by atoms with van der Waals surface area (Å²) in [5, 5.41) is 4.30. The fraction of sp³-hybridized carbons (Fsp3) is 0.136. The molecule has 0 saturated carbocycles. The Bertz CT molecular complexity index is 1220. The molecule has 2 aromatic carbocycles. The number of amides is 3. The maximum absolute atomic E-state index is 13.0. The minimum atomic E-state index is -4.66. The second-order valence-electron chi connectivity index (χ2n) is 6.88. The van der Waals surface area contributed by atoms with Gasteiger partial charge in [0.05, 0.1) is 16.3 Å². The molecule has 3 amide bonds. The van der Waals surface area contributed by atoms with Crippen LogP contribution in [0.2, 0.25) is 5.02 Å².